The molecule has 4 aromatic carbocycles. The molecule has 0 aliphatic heterocycles. The molecular formula is C39H41N3O3. The lowest BCUT2D eigenvalue weighted by Gasteiger charge is -2.37. The first-order valence-corrected chi connectivity index (χ1v) is 15.3. The number of rotatable bonds is 10. The van der Waals surface area contributed by atoms with E-state index in [2.05, 4.69) is 121 Å². The van der Waals surface area contributed by atoms with Gasteiger partial charge in [0.25, 0.3) is 0 Å². The summed E-state index contributed by atoms with van der Waals surface area (Å²) in [7, 11) is 0. The second kappa shape index (κ2) is 13.7. The van der Waals surface area contributed by atoms with Crippen molar-refractivity contribution in [2.24, 2.45) is 0 Å². The zero-order chi connectivity index (χ0) is 31.9. The van der Waals surface area contributed by atoms with E-state index in [4.69, 9.17) is 14.5 Å². The Morgan fingerprint density at radius 2 is 1.36 bits per heavy atom. The molecule has 0 unspecified atom stereocenters. The molecule has 0 aliphatic rings. The first kappa shape index (κ1) is 31.3. The molecule has 1 heterocycles. The summed E-state index contributed by atoms with van der Waals surface area (Å²) in [5.41, 5.74) is 7.10. The highest BCUT2D eigenvalue weighted by Crippen LogP contribution is 2.41. The first-order valence-electron chi connectivity index (χ1n) is 15.3. The lowest BCUT2D eigenvalue weighted by Crippen LogP contribution is -2.36. The van der Waals surface area contributed by atoms with Gasteiger partial charge < -0.3 is 19.4 Å². The molecule has 6 heteroatoms. The van der Waals surface area contributed by atoms with Crippen molar-refractivity contribution in [2.75, 3.05) is 13.2 Å². The van der Waals surface area contributed by atoms with E-state index in [-0.39, 0.29) is 6.61 Å². The minimum Gasteiger partial charge on any atom is -0.499 e. The maximum atomic E-state index is 12.1. The molecule has 0 saturated carbocycles. The largest absolute Gasteiger partial charge is 0.499 e. The molecule has 0 radical (unpaired) electrons. The monoisotopic (exact) mass is 599 g/mol. The number of amides is 1. The summed E-state index contributed by atoms with van der Waals surface area (Å²) in [6.45, 7) is 10.3. The van der Waals surface area contributed by atoms with Crippen molar-refractivity contribution < 1.29 is 14.3 Å². The number of nitrogens with one attached hydrogen (secondary N) is 1. The van der Waals surface area contributed by atoms with Gasteiger partial charge in [0, 0.05) is 11.8 Å². The highest BCUT2D eigenvalue weighted by molar-refractivity contribution is 5.79. The highest BCUT2D eigenvalue weighted by Gasteiger charge is 2.38. The maximum absolute atomic E-state index is 12.1. The zero-order valence-electron chi connectivity index (χ0n) is 26.7. The Labute approximate surface area is 266 Å². The van der Waals surface area contributed by atoms with Gasteiger partial charge in [-0.1, -0.05) is 109 Å². The van der Waals surface area contributed by atoms with Gasteiger partial charge >= 0.3 is 6.09 Å². The highest BCUT2D eigenvalue weighted by atomic mass is 16.6. The Bertz CT molecular complexity index is 1640. The summed E-state index contributed by atoms with van der Waals surface area (Å²) in [5, 5.41) is 2.76. The van der Waals surface area contributed by atoms with Gasteiger partial charge in [0.1, 0.15) is 17.7 Å². The third-order valence-electron chi connectivity index (χ3n) is 7.80. The van der Waals surface area contributed by atoms with E-state index in [0.29, 0.717) is 6.54 Å². The van der Waals surface area contributed by atoms with Crippen molar-refractivity contribution in [2.45, 2.75) is 45.8 Å². The molecule has 5 aromatic rings. The third-order valence-corrected chi connectivity index (χ3v) is 7.80. The molecule has 45 heavy (non-hydrogen) atoms. The second-order valence-electron chi connectivity index (χ2n) is 12.1. The van der Waals surface area contributed by atoms with Crippen LogP contribution < -0.4 is 5.32 Å². The van der Waals surface area contributed by atoms with E-state index >= 15 is 0 Å². The van der Waals surface area contributed by atoms with Gasteiger partial charge in [0.2, 0.25) is 0 Å². The minimum absolute atomic E-state index is 0.274. The van der Waals surface area contributed by atoms with Gasteiger partial charge in [-0.15, -0.1) is 0 Å². The van der Waals surface area contributed by atoms with Crippen LogP contribution in [0.2, 0.25) is 0 Å². The summed E-state index contributed by atoms with van der Waals surface area (Å²) < 4.78 is 13.6. The van der Waals surface area contributed by atoms with Crippen LogP contribution in [0.5, 0.6) is 0 Å². The SMILES string of the molecule is Cc1cccc(/C(=C/OCCNC(=O)OC(C)(C)C)c2cn(C(c3ccccc3)(c3ccccc3)c3ccccc3)cn2)c1C. The van der Waals surface area contributed by atoms with E-state index in [1.807, 2.05) is 45.3 Å². The van der Waals surface area contributed by atoms with E-state index in [1.54, 1.807) is 6.26 Å². The van der Waals surface area contributed by atoms with E-state index in [1.165, 1.54) is 5.56 Å². The number of hydrogen-bond donors (Lipinski definition) is 1. The van der Waals surface area contributed by atoms with Crippen LogP contribution in [0.4, 0.5) is 4.79 Å². The molecule has 0 atom stereocenters. The van der Waals surface area contributed by atoms with Crippen LogP contribution in [0.25, 0.3) is 5.57 Å². The van der Waals surface area contributed by atoms with Crippen molar-refractivity contribution in [3.63, 3.8) is 0 Å². The van der Waals surface area contributed by atoms with Crippen LogP contribution in [0.1, 0.15) is 59.8 Å². The van der Waals surface area contributed by atoms with Crippen LogP contribution in [0, 0.1) is 13.8 Å². The van der Waals surface area contributed by atoms with E-state index < -0.39 is 17.2 Å². The molecule has 0 fully saturated rings. The number of aromatic nitrogens is 2. The summed E-state index contributed by atoms with van der Waals surface area (Å²) in [6.07, 6.45) is 5.29. The molecule has 230 valence electrons. The van der Waals surface area contributed by atoms with Crippen LogP contribution in [0.3, 0.4) is 0 Å². The van der Waals surface area contributed by atoms with E-state index in [9.17, 15) is 4.79 Å². The lowest BCUT2D eigenvalue weighted by atomic mass is 9.76. The summed E-state index contributed by atoms with van der Waals surface area (Å²) in [6, 6.07) is 37.8. The summed E-state index contributed by atoms with van der Waals surface area (Å²) in [4.78, 5) is 17.1. The third kappa shape index (κ3) is 7.01. The fraction of sp³-hybridized carbons (Fsp3) is 0.231. The van der Waals surface area contributed by atoms with Crippen molar-refractivity contribution in [1.29, 1.82) is 0 Å². The van der Waals surface area contributed by atoms with Crippen LogP contribution in [0.15, 0.2) is 128 Å². The van der Waals surface area contributed by atoms with Crippen molar-refractivity contribution in [3.05, 3.63) is 167 Å². The van der Waals surface area contributed by atoms with Crippen LogP contribution in [-0.4, -0.2) is 34.4 Å². The fourth-order valence-corrected chi connectivity index (χ4v) is 5.60. The molecule has 1 N–H and O–H groups in total. The second-order valence-corrected chi connectivity index (χ2v) is 12.1. The predicted octanol–water partition coefficient (Wildman–Crippen LogP) is 8.27. The molecule has 1 amide bonds. The van der Waals surface area contributed by atoms with Gasteiger partial charge in [-0.2, -0.15) is 0 Å². The predicted molar refractivity (Wildman–Crippen MR) is 180 cm³/mol. The van der Waals surface area contributed by atoms with Crippen LogP contribution in [-0.2, 0) is 15.0 Å². The maximum Gasteiger partial charge on any atom is 0.407 e. The van der Waals surface area contributed by atoms with Gasteiger partial charge in [-0.05, 0) is 68.0 Å². The topological polar surface area (TPSA) is 65.4 Å². The van der Waals surface area contributed by atoms with E-state index in [0.717, 1.165) is 39.1 Å². The molecule has 0 spiro atoms. The normalized spacial score (nSPS) is 12.1. The number of carbonyl (C=O) groups is 1. The number of imidazole rings is 1. The van der Waals surface area contributed by atoms with Gasteiger partial charge in [0.05, 0.1) is 24.8 Å². The number of aryl methyl sites for hydroxylation is 1. The van der Waals surface area contributed by atoms with Crippen molar-refractivity contribution in [3.8, 4) is 0 Å². The van der Waals surface area contributed by atoms with Crippen LogP contribution >= 0.6 is 0 Å². The Morgan fingerprint density at radius 1 is 0.800 bits per heavy atom. The molecule has 0 aliphatic carbocycles. The number of hydrogen-bond acceptors (Lipinski definition) is 4. The lowest BCUT2D eigenvalue weighted by molar-refractivity contribution is 0.0516. The van der Waals surface area contributed by atoms with Gasteiger partial charge in [-0.25, -0.2) is 9.78 Å². The smallest absolute Gasteiger partial charge is 0.407 e. The molecule has 0 bridgehead atoms. The zero-order valence-corrected chi connectivity index (χ0v) is 26.7. The first-order chi connectivity index (χ1) is 21.7. The number of ether oxygens (including phenoxy) is 2. The summed E-state index contributed by atoms with van der Waals surface area (Å²) in [5.74, 6) is 0. The van der Waals surface area contributed by atoms with Crippen molar-refractivity contribution >= 4 is 11.7 Å². The summed E-state index contributed by atoms with van der Waals surface area (Å²) >= 11 is 0. The Morgan fingerprint density at radius 3 is 1.89 bits per heavy atom. The number of nitrogens with zero attached hydrogens (tertiary/aromatic N) is 2. The fourth-order valence-electron chi connectivity index (χ4n) is 5.60. The molecule has 1 aromatic heterocycles. The molecule has 6 nitrogen and oxygen atoms in total. The number of carbonyl (C=O) groups excluding carboxylic acids is 1. The molecule has 0 saturated heterocycles. The van der Waals surface area contributed by atoms with Gasteiger partial charge in [-0.3, -0.25) is 0 Å². The average Bonchev–Trinajstić information content (AvgIpc) is 3.52. The molecule has 5 rings (SSSR count). The van der Waals surface area contributed by atoms with Gasteiger partial charge in [0.15, 0.2) is 0 Å². The Kier molecular flexibility index (Phi) is 9.53. The quantitative estimate of drug-likeness (QED) is 0.0997. The standard InChI is InChI=1S/C39H41N3O3/c1-29-16-15-23-34(30(29)2)35(27-44-25-24-40-37(43)45-38(3,4)5)36-26-42(28-41-36)39(31-17-9-6-10-18-31,32-19-11-7-12-20-32)33-21-13-8-14-22-33/h6-23,26-28H,24-25H2,1-5H3,(H,40,43)/b35-27-. The average molecular weight is 600 g/mol. The Hall–Kier alpha value is -5.10. The minimum atomic E-state index is -0.681. The van der Waals surface area contributed by atoms with Crippen molar-refractivity contribution in [1.82, 2.24) is 14.9 Å². The Balaban J connectivity index is 1.58. The number of benzene rings is 4. The molecular weight excluding hydrogens is 558 g/mol. The number of alkyl carbamates (subject to hydrolysis) is 1.